The Morgan fingerprint density at radius 2 is 2.04 bits per heavy atom. The number of ether oxygens (including phenoxy) is 1. The number of thiazole rings is 1. The molecule has 134 valence electrons. The minimum absolute atomic E-state index is 0.730. The van der Waals surface area contributed by atoms with Crippen LogP contribution in [0, 0.1) is 5.92 Å². The predicted molar refractivity (Wildman–Crippen MR) is 105 cm³/mol. The number of para-hydroxylation sites is 1. The van der Waals surface area contributed by atoms with Crippen LogP contribution in [0.3, 0.4) is 0 Å². The Balaban J connectivity index is 1.40. The first-order chi connectivity index (χ1) is 12.3. The maximum absolute atomic E-state index is 5.85. The van der Waals surface area contributed by atoms with Crippen LogP contribution >= 0.6 is 11.3 Å². The van der Waals surface area contributed by atoms with Crippen LogP contribution < -0.4 is 15.4 Å². The van der Waals surface area contributed by atoms with Crippen LogP contribution in [0.1, 0.15) is 37.5 Å². The summed E-state index contributed by atoms with van der Waals surface area (Å²) in [6.07, 6.45) is 6.18. The molecule has 0 amide bonds. The van der Waals surface area contributed by atoms with Crippen molar-refractivity contribution in [3.8, 4) is 17.0 Å². The first kappa shape index (κ1) is 16.9. The first-order valence-corrected chi connectivity index (χ1v) is 10.3. The number of rotatable bonds is 5. The minimum atomic E-state index is 0.730. The molecule has 1 aliphatic carbocycles. The number of nitrogens with zero attached hydrogens (tertiary/aromatic N) is 1. The minimum Gasteiger partial charge on any atom is -0.493 e. The van der Waals surface area contributed by atoms with E-state index in [1.165, 1.54) is 30.6 Å². The van der Waals surface area contributed by atoms with E-state index in [9.17, 15) is 0 Å². The van der Waals surface area contributed by atoms with Gasteiger partial charge in [-0.2, -0.15) is 0 Å². The predicted octanol–water partition coefficient (Wildman–Crippen LogP) is 4.33. The Morgan fingerprint density at radius 3 is 2.88 bits per heavy atom. The molecule has 0 spiro atoms. The third kappa shape index (κ3) is 3.82. The SMILES string of the molecule is CCNC1CCC(CNc2nc3c(s2)CCOc2ccccc2-3)CC1. The van der Waals surface area contributed by atoms with E-state index in [1.54, 1.807) is 11.3 Å². The van der Waals surface area contributed by atoms with Crippen LogP contribution in [0.4, 0.5) is 5.13 Å². The van der Waals surface area contributed by atoms with Crippen LogP contribution in [0.2, 0.25) is 0 Å². The normalized spacial score (nSPS) is 22.4. The van der Waals surface area contributed by atoms with Crippen LogP contribution in [0.15, 0.2) is 24.3 Å². The molecule has 0 saturated heterocycles. The van der Waals surface area contributed by atoms with Gasteiger partial charge in [-0.1, -0.05) is 19.1 Å². The molecule has 1 aromatic heterocycles. The van der Waals surface area contributed by atoms with Crippen molar-refractivity contribution < 1.29 is 4.74 Å². The lowest BCUT2D eigenvalue weighted by atomic mass is 9.86. The number of hydrogen-bond acceptors (Lipinski definition) is 5. The summed E-state index contributed by atoms with van der Waals surface area (Å²) in [7, 11) is 0. The van der Waals surface area contributed by atoms with Crippen LogP contribution in [-0.4, -0.2) is 30.7 Å². The highest BCUT2D eigenvalue weighted by molar-refractivity contribution is 7.16. The summed E-state index contributed by atoms with van der Waals surface area (Å²) in [5, 5.41) is 8.27. The Morgan fingerprint density at radius 1 is 1.20 bits per heavy atom. The first-order valence-electron chi connectivity index (χ1n) is 9.52. The van der Waals surface area contributed by atoms with Gasteiger partial charge in [0.15, 0.2) is 5.13 Å². The Bertz CT molecular complexity index is 707. The molecule has 4 rings (SSSR count). The standard InChI is InChI=1S/C20H27N3OS/c1-2-21-15-9-7-14(8-10-15)13-22-20-23-19-16-5-3-4-6-17(16)24-12-11-18(19)25-20/h3-6,14-15,21H,2,7-13H2,1H3,(H,22,23). The van der Waals surface area contributed by atoms with Crippen molar-refractivity contribution in [2.45, 2.75) is 45.1 Å². The second kappa shape index (κ2) is 7.75. The van der Waals surface area contributed by atoms with E-state index in [0.717, 1.165) is 60.2 Å². The highest BCUT2D eigenvalue weighted by Crippen LogP contribution is 2.39. The zero-order chi connectivity index (χ0) is 17.1. The maximum Gasteiger partial charge on any atom is 0.183 e. The van der Waals surface area contributed by atoms with Gasteiger partial charge in [0.2, 0.25) is 0 Å². The quantitative estimate of drug-likeness (QED) is 0.836. The summed E-state index contributed by atoms with van der Waals surface area (Å²) >= 11 is 1.79. The molecule has 0 radical (unpaired) electrons. The molecule has 0 bridgehead atoms. The molecule has 2 aliphatic rings. The largest absolute Gasteiger partial charge is 0.493 e. The van der Waals surface area contributed by atoms with E-state index in [-0.39, 0.29) is 0 Å². The third-order valence-electron chi connectivity index (χ3n) is 5.31. The summed E-state index contributed by atoms with van der Waals surface area (Å²) in [6, 6.07) is 8.98. The molecule has 2 heterocycles. The molecule has 1 aromatic carbocycles. The highest BCUT2D eigenvalue weighted by Gasteiger charge is 2.22. The molecular formula is C20H27N3OS. The van der Waals surface area contributed by atoms with E-state index in [1.807, 2.05) is 12.1 Å². The molecule has 1 aliphatic heterocycles. The summed E-state index contributed by atoms with van der Waals surface area (Å²) in [5.41, 5.74) is 2.24. The number of anilines is 1. The van der Waals surface area contributed by atoms with Gasteiger partial charge in [0.05, 0.1) is 12.3 Å². The molecule has 2 aromatic rings. The van der Waals surface area contributed by atoms with E-state index < -0.39 is 0 Å². The monoisotopic (exact) mass is 357 g/mol. The number of nitrogens with one attached hydrogen (secondary N) is 2. The zero-order valence-corrected chi connectivity index (χ0v) is 15.7. The van der Waals surface area contributed by atoms with Crippen LogP contribution in [0.25, 0.3) is 11.3 Å². The van der Waals surface area contributed by atoms with Crippen molar-refractivity contribution in [1.29, 1.82) is 0 Å². The number of benzene rings is 1. The summed E-state index contributed by atoms with van der Waals surface area (Å²) in [6.45, 7) is 5.07. The smallest absolute Gasteiger partial charge is 0.183 e. The van der Waals surface area contributed by atoms with Gasteiger partial charge in [0.25, 0.3) is 0 Å². The Hall–Kier alpha value is -1.59. The second-order valence-corrected chi connectivity index (χ2v) is 8.13. The van der Waals surface area contributed by atoms with Crippen molar-refractivity contribution in [2.24, 2.45) is 5.92 Å². The molecule has 1 fully saturated rings. The van der Waals surface area contributed by atoms with Crippen molar-refractivity contribution in [3.63, 3.8) is 0 Å². The molecule has 25 heavy (non-hydrogen) atoms. The molecule has 0 atom stereocenters. The van der Waals surface area contributed by atoms with Crippen molar-refractivity contribution >= 4 is 16.5 Å². The molecular weight excluding hydrogens is 330 g/mol. The average Bonchev–Trinajstić information content (AvgIpc) is 2.97. The molecule has 0 unspecified atom stereocenters. The second-order valence-electron chi connectivity index (χ2n) is 7.04. The van der Waals surface area contributed by atoms with Gasteiger partial charge in [0.1, 0.15) is 5.75 Å². The van der Waals surface area contributed by atoms with Crippen LogP contribution in [-0.2, 0) is 6.42 Å². The molecule has 4 nitrogen and oxygen atoms in total. The third-order valence-corrected chi connectivity index (χ3v) is 6.38. The van der Waals surface area contributed by atoms with Gasteiger partial charge in [-0.25, -0.2) is 4.98 Å². The lowest BCUT2D eigenvalue weighted by molar-refractivity contribution is 0.304. The van der Waals surface area contributed by atoms with Crippen molar-refractivity contribution in [1.82, 2.24) is 10.3 Å². The number of hydrogen-bond donors (Lipinski definition) is 2. The van der Waals surface area contributed by atoms with Crippen molar-refractivity contribution in [2.75, 3.05) is 25.0 Å². The molecule has 1 saturated carbocycles. The summed E-state index contributed by atoms with van der Waals surface area (Å²) < 4.78 is 5.85. The topological polar surface area (TPSA) is 46.2 Å². The van der Waals surface area contributed by atoms with E-state index in [2.05, 4.69) is 29.7 Å². The fourth-order valence-corrected chi connectivity index (χ4v) is 4.90. The molecule has 2 N–H and O–H groups in total. The van der Waals surface area contributed by atoms with Gasteiger partial charge in [-0.15, -0.1) is 11.3 Å². The zero-order valence-electron chi connectivity index (χ0n) is 14.9. The Kier molecular flexibility index (Phi) is 5.22. The molecule has 5 heteroatoms. The van der Waals surface area contributed by atoms with Gasteiger partial charge in [0, 0.05) is 29.4 Å². The number of fused-ring (bicyclic) bond motifs is 3. The van der Waals surface area contributed by atoms with E-state index >= 15 is 0 Å². The fraction of sp³-hybridized carbons (Fsp3) is 0.550. The van der Waals surface area contributed by atoms with Crippen molar-refractivity contribution in [3.05, 3.63) is 29.1 Å². The average molecular weight is 358 g/mol. The van der Waals surface area contributed by atoms with Gasteiger partial charge in [-0.05, 0) is 50.3 Å². The number of aromatic nitrogens is 1. The van der Waals surface area contributed by atoms with E-state index in [4.69, 9.17) is 9.72 Å². The summed E-state index contributed by atoms with van der Waals surface area (Å²) in [5.74, 6) is 1.73. The van der Waals surface area contributed by atoms with Gasteiger partial charge in [-0.3, -0.25) is 0 Å². The van der Waals surface area contributed by atoms with Crippen LogP contribution in [0.5, 0.6) is 5.75 Å². The lowest BCUT2D eigenvalue weighted by Crippen LogP contribution is -2.34. The Labute approximate surface area is 154 Å². The van der Waals surface area contributed by atoms with Gasteiger partial charge >= 0.3 is 0 Å². The van der Waals surface area contributed by atoms with Gasteiger partial charge < -0.3 is 15.4 Å². The highest BCUT2D eigenvalue weighted by atomic mass is 32.1. The fourth-order valence-electron chi connectivity index (χ4n) is 3.94. The van der Waals surface area contributed by atoms with E-state index in [0.29, 0.717) is 0 Å². The summed E-state index contributed by atoms with van der Waals surface area (Å²) in [4.78, 5) is 6.23. The maximum atomic E-state index is 5.85. The lowest BCUT2D eigenvalue weighted by Gasteiger charge is -2.29.